The minimum Gasteiger partial charge on any atom is -0.295 e. The van der Waals surface area contributed by atoms with E-state index in [-0.39, 0.29) is 11.8 Å². The highest BCUT2D eigenvalue weighted by Crippen LogP contribution is 2.17. The van der Waals surface area contributed by atoms with Gasteiger partial charge in [-0.05, 0) is 30.3 Å². The fraction of sp³-hybridized carbons (Fsp3) is 0.900. The van der Waals surface area contributed by atoms with Crippen LogP contribution in [0.15, 0.2) is 0 Å². The molecule has 0 saturated carbocycles. The van der Waals surface area contributed by atoms with Crippen LogP contribution in [0.4, 0.5) is 0 Å². The van der Waals surface area contributed by atoms with Crippen molar-refractivity contribution in [3.63, 3.8) is 0 Å². The Bertz CT molecular complexity index is 498. The average molecular weight is 273 g/mol. The lowest BCUT2D eigenvalue weighted by Crippen LogP contribution is -2.33. The largest absolute Gasteiger partial charge is 0.295 e. The van der Waals surface area contributed by atoms with E-state index >= 15 is 0 Å². The van der Waals surface area contributed by atoms with Gasteiger partial charge in [0.1, 0.15) is 0 Å². The summed E-state index contributed by atoms with van der Waals surface area (Å²) in [6.45, 7) is 3.45. The third-order valence-electron chi connectivity index (χ3n) is 3.26. The first-order chi connectivity index (χ1) is 8.52. The number of aromatic nitrogens is 4. The number of aryl methyl sites for hydroxylation is 1. The van der Waals surface area contributed by atoms with Gasteiger partial charge >= 0.3 is 0 Å². The zero-order chi connectivity index (χ0) is 13.2. The third kappa shape index (κ3) is 3.05. The molecule has 2 heterocycles. The van der Waals surface area contributed by atoms with Crippen molar-refractivity contribution in [3.05, 3.63) is 5.82 Å². The molecule has 0 aromatic carbocycles. The van der Waals surface area contributed by atoms with E-state index in [1.165, 1.54) is 0 Å². The molecule has 1 aliphatic rings. The van der Waals surface area contributed by atoms with Crippen LogP contribution in [-0.2, 0) is 22.9 Å². The van der Waals surface area contributed by atoms with Crippen molar-refractivity contribution in [1.29, 1.82) is 0 Å². The van der Waals surface area contributed by atoms with Crippen molar-refractivity contribution in [3.8, 4) is 0 Å². The first-order valence-corrected chi connectivity index (χ1v) is 7.99. The number of rotatable bonds is 5. The smallest absolute Gasteiger partial charge is 0.165 e. The van der Waals surface area contributed by atoms with Crippen LogP contribution in [-0.4, -0.2) is 58.1 Å². The molecule has 0 radical (unpaired) electrons. The summed E-state index contributed by atoms with van der Waals surface area (Å²) in [6, 6.07) is 0.0850. The van der Waals surface area contributed by atoms with Crippen molar-refractivity contribution in [1.82, 2.24) is 25.1 Å². The Kier molecular flexibility index (Phi) is 3.96. The van der Waals surface area contributed by atoms with E-state index in [2.05, 4.69) is 22.4 Å². The van der Waals surface area contributed by atoms with Gasteiger partial charge in [-0.15, -0.1) is 5.10 Å². The maximum Gasteiger partial charge on any atom is 0.165 e. The minimum absolute atomic E-state index is 0.0850. The molecule has 1 saturated heterocycles. The van der Waals surface area contributed by atoms with Gasteiger partial charge in [-0.3, -0.25) is 4.90 Å². The van der Waals surface area contributed by atoms with Gasteiger partial charge in [0.05, 0.1) is 18.1 Å². The van der Waals surface area contributed by atoms with Crippen LogP contribution in [0.2, 0.25) is 0 Å². The minimum atomic E-state index is -2.84. The topological polar surface area (TPSA) is 81.0 Å². The maximum atomic E-state index is 11.4. The van der Waals surface area contributed by atoms with Crippen LogP contribution in [0, 0.1) is 0 Å². The van der Waals surface area contributed by atoms with Gasteiger partial charge in [-0.1, -0.05) is 6.92 Å². The number of sulfone groups is 1. The predicted molar refractivity (Wildman–Crippen MR) is 66.6 cm³/mol. The summed E-state index contributed by atoms with van der Waals surface area (Å²) in [7, 11) is -0.913. The molecule has 0 amide bonds. The van der Waals surface area contributed by atoms with E-state index in [0.717, 1.165) is 18.8 Å². The van der Waals surface area contributed by atoms with Crippen molar-refractivity contribution in [2.75, 3.05) is 18.6 Å². The number of tetrazole rings is 1. The second kappa shape index (κ2) is 5.31. The maximum absolute atomic E-state index is 11.4. The summed E-state index contributed by atoms with van der Waals surface area (Å²) >= 11 is 0. The molecule has 102 valence electrons. The van der Waals surface area contributed by atoms with E-state index in [1.807, 2.05) is 11.9 Å². The molecule has 0 N–H and O–H groups in total. The summed E-state index contributed by atoms with van der Waals surface area (Å²) in [6.07, 6.45) is 1.67. The summed E-state index contributed by atoms with van der Waals surface area (Å²) < 4.78 is 24.7. The quantitative estimate of drug-likeness (QED) is 0.733. The molecule has 1 aromatic rings. The van der Waals surface area contributed by atoms with E-state index in [1.54, 1.807) is 4.68 Å². The van der Waals surface area contributed by atoms with Crippen molar-refractivity contribution in [2.45, 2.75) is 38.9 Å². The van der Waals surface area contributed by atoms with Gasteiger partial charge in [-0.2, -0.15) is 0 Å². The molecule has 0 spiro atoms. The molecule has 1 aromatic heterocycles. The van der Waals surface area contributed by atoms with Crippen LogP contribution < -0.4 is 0 Å². The van der Waals surface area contributed by atoms with E-state index in [4.69, 9.17) is 0 Å². The zero-order valence-electron chi connectivity index (χ0n) is 10.8. The van der Waals surface area contributed by atoms with Crippen LogP contribution in [0.1, 0.15) is 25.6 Å². The fourth-order valence-corrected chi connectivity index (χ4v) is 4.00. The second-order valence-electron chi connectivity index (χ2n) is 4.79. The zero-order valence-corrected chi connectivity index (χ0v) is 11.6. The lowest BCUT2D eigenvalue weighted by atomic mass is 10.2. The number of nitrogens with zero attached hydrogens (tertiary/aromatic N) is 5. The van der Waals surface area contributed by atoms with Gasteiger partial charge in [0.2, 0.25) is 0 Å². The second-order valence-corrected chi connectivity index (χ2v) is 7.02. The highest BCUT2D eigenvalue weighted by atomic mass is 32.2. The lowest BCUT2D eigenvalue weighted by molar-refractivity contribution is 0.242. The molecule has 0 bridgehead atoms. The molecule has 8 heteroatoms. The molecule has 1 unspecified atom stereocenters. The van der Waals surface area contributed by atoms with Gasteiger partial charge in [-0.25, -0.2) is 13.1 Å². The SMILES string of the molecule is CCCn1nnnc1CN(C)C1CCS(=O)(=O)C1. The summed E-state index contributed by atoms with van der Waals surface area (Å²) in [5, 5.41) is 11.6. The van der Waals surface area contributed by atoms with Crippen molar-refractivity contribution >= 4 is 9.84 Å². The van der Waals surface area contributed by atoms with Gasteiger partial charge < -0.3 is 0 Å². The van der Waals surface area contributed by atoms with Crippen molar-refractivity contribution < 1.29 is 8.42 Å². The summed E-state index contributed by atoms with van der Waals surface area (Å²) in [5.74, 6) is 1.34. The number of hydrogen-bond acceptors (Lipinski definition) is 6. The third-order valence-corrected chi connectivity index (χ3v) is 5.01. The van der Waals surface area contributed by atoms with Gasteiger partial charge in [0.25, 0.3) is 0 Å². The molecule has 1 aliphatic heterocycles. The predicted octanol–water partition coefficient (Wildman–Crippen LogP) is -0.298. The van der Waals surface area contributed by atoms with E-state index in [9.17, 15) is 8.42 Å². The van der Waals surface area contributed by atoms with E-state index < -0.39 is 9.84 Å². The Morgan fingerprint density at radius 1 is 1.50 bits per heavy atom. The Morgan fingerprint density at radius 3 is 2.89 bits per heavy atom. The molecule has 2 rings (SSSR count). The van der Waals surface area contributed by atoms with Crippen molar-refractivity contribution in [2.24, 2.45) is 0 Å². The fourth-order valence-electron chi connectivity index (χ4n) is 2.20. The van der Waals surface area contributed by atoms with Crippen LogP contribution in [0.25, 0.3) is 0 Å². The Hall–Kier alpha value is -1.02. The lowest BCUT2D eigenvalue weighted by Gasteiger charge is -2.22. The molecular weight excluding hydrogens is 254 g/mol. The standard InChI is InChI=1S/C10H19N5O2S/c1-3-5-15-10(11-12-13-15)7-14(2)9-4-6-18(16,17)8-9/h9H,3-8H2,1-2H3. The molecule has 1 atom stereocenters. The van der Waals surface area contributed by atoms with Gasteiger partial charge in [0.15, 0.2) is 15.7 Å². The summed E-state index contributed by atoms with van der Waals surface area (Å²) in [4.78, 5) is 2.03. The molecular formula is C10H19N5O2S. The normalized spacial score (nSPS) is 22.7. The highest BCUT2D eigenvalue weighted by molar-refractivity contribution is 7.91. The van der Waals surface area contributed by atoms with Crippen LogP contribution in [0.3, 0.4) is 0 Å². The average Bonchev–Trinajstić information content (AvgIpc) is 2.86. The molecule has 7 nitrogen and oxygen atoms in total. The van der Waals surface area contributed by atoms with Crippen LogP contribution in [0.5, 0.6) is 0 Å². The molecule has 0 aliphatic carbocycles. The Balaban J connectivity index is 1.99. The molecule has 1 fully saturated rings. The first kappa shape index (κ1) is 13.4. The Morgan fingerprint density at radius 2 is 2.28 bits per heavy atom. The first-order valence-electron chi connectivity index (χ1n) is 6.17. The Labute approximate surface area is 107 Å². The summed E-state index contributed by atoms with van der Waals surface area (Å²) in [5.41, 5.74) is 0. The van der Waals surface area contributed by atoms with Gasteiger partial charge in [0, 0.05) is 12.6 Å². The van der Waals surface area contributed by atoms with Crippen LogP contribution >= 0.6 is 0 Å². The van der Waals surface area contributed by atoms with E-state index in [0.29, 0.717) is 18.7 Å². The molecule has 18 heavy (non-hydrogen) atoms. The number of hydrogen-bond donors (Lipinski definition) is 0. The monoisotopic (exact) mass is 273 g/mol. The highest BCUT2D eigenvalue weighted by Gasteiger charge is 2.31.